The van der Waals surface area contributed by atoms with E-state index in [4.69, 9.17) is 11.6 Å². The summed E-state index contributed by atoms with van der Waals surface area (Å²) in [4.78, 5) is 13.0. The van der Waals surface area contributed by atoms with Crippen LogP contribution >= 0.6 is 11.6 Å². The highest BCUT2D eigenvalue weighted by atomic mass is 35.5. The van der Waals surface area contributed by atoms with Crippen LogP contribution in [0.2, 0.25) is 5.02 Å². The molecule has 0 unspecified atom stereocenters. The highest BCUT2D eigenvalue weighted by Crippen LogP contribution is 2.37. The Hall–Kier alpha value is -3.04. The van der Waals surface area contributed by atoms with Crippen LogP contribution in [0.3, 0.4) is 0 Å². The average Bonchev–Trinajstić information content (AvgIpc) is 2.82. The van der Waals surface area contributed by atoms with Crippen molar-refractivity contribution in [3.8, 4) is 0 Å². The molecule has 3 aromatic carbocycles. The zero-order chi connectivity index (χ0) is 26.5. The summed E-state index contributed by atoms with van der Waals surface area (Å²) in [7, 11) is -4.44. The number of amides is 1. The van der Waals surface area contributed by atoms with Crippen molar-refractivity contribution in [3.63, 3.8) is 0 Å². The molecule has 0 bridgehead atoms. The lowest BCUT2D eigenvalue weighted by Gasteiger charge is -2.27. The molecule has 0 heterocycles. The molecule has 10 heteroatoms. The summed E-state index contributed by atoms with van der Waals surface area (Å²) < 4.78 is 68.0. The molecule has 0 saturated carbocycles. The maximum Gasteiger partial charge on any atom is 0.416 e. The molecular weight excluding hydrogens is 513 g/mol. The monoisotopic (exact) mass is 538 g/mol. The molecule has 0 aliphatic rings. The first-order chi connectivity index (χ1) is 16.9. The molecule has 36 heavy (non-hydrogen) atoms. The van der Waals surface area contributed by atoms with Gasteiger partial charge in [0, 0.05) is 0 Å². The van der Waals surface area contributed by atoms with Crippen molar-refractivity contribution < 1.29 is 26.4 Å². The van der Waals surface area contributed by atoms with Gasteiger partial charge in [-0.1, -0.05) is 74.0 Å². The van der Waals surface area contributed by atoms with E-state index in [0.717, 1.165) is 17.7 Å². The van der Waals surface area contributed by atoms with Crippen LogP contribution in [-0.4, -0.2) is 20.9 Å². The third-order valence-corrected chi connectivity index (χ3v) is 7.50. The zero-order valence-corrected chi connectivity index (χ0v) is 21.2. The second-order valence-electron chi connectivity index (χ2n) is 8.65. The maximum absolute atomic E-state index is 13.5. The number of sulfonamides is 1. The second kappa shape index (κ2) is 11.3. The highest BCUT2D eigenvalue weighted by Gasteiger charge is 2.34. The van der Waals surface area contributed by atoms with E-state index in [1.165, 1.54) is 24.3 Å². The van der Waals surface area contributed by atoms with Crippen LogP contribution in [0.25, 0.3) is 0 Å². The zero-order valence-electron chi connectivity index (χ0n) is 19.7. The Morgan fingerprint density at radius 1 is 0.972 bits per heavy atom. The first-order valence-corrected chi connectivity index (χ1v) is 13.0. The van der Waals surface area contributed by atoms with Crippen molar-refractivity contribution in [2.45, 2.75) is 37.4 Å². The number of benzene rings is 3. The van der Waals surface area contributed by atoms with Crippen LogP contribution < -0.4 is 9.62 Å². The fraction of sp³-hybridized carbons (Fsp3) is 0.269. The Morgan fingerprint density at radius 3 is 2.11 bits per heavy atom. The van der Waals surface area contributed by atoms with Crippen LogP contribution in [0.15, 0.2) is 83.8 Å². The molecule has 0 aliphatic carbocycles. The molecule has 0 aromatic heterocycles. The number of hydrogen-bond acceptors (Lipinski definition) is 3. The normalized spacial score (nSPS) is 12.9. The van der Waals surface area contributed by atoms with Crippen LogP contribution in [0, 0.1) is 5.92 Å². The summed E-state index contributed by atoms with van der Waals surface area (Å²) in [5, 5.41) is 2.60. The number of carbonyl (C=O) groups is 1. The van der Waals surface area contributed by atoms with Crippen LogP contribution in [0.4, 0.5) is 18.9 Å². The van der Waals surface area contributed by atoms with E-state index in [-0.39, 0.29) is 15.8 Å². The molecule has 192 valence electrons. The SMILES string of the molecule is CC(C)C[C@@H](NC(=O)CN(c1cc(C(F)(F)F)ccc1Cl)S(=O)(=O)c1ccccc1)c1ccccc1. The van der Waals surface area contributed by atoms with E-state index >= 15 is 0 Å². The number of hydrogen-bond donors (Lipinski definition) is 1. The number of halogens is 4. The topological polar surface area (TPSA) is 66.5 Å². The summed E-state index contributed by atoms with van der Waals surface area (Å²) in [6, 6.07) is 18.3. The van der Waals surface area contributed by atoms with Crippen molar-refractivity contribution in [1.82, 2.24) is 5.32 Å². The quantitative estimate of drug-likeness (QED) is 0.340. The highest BCUT2D eigenvalue weighted by molar-refractivity contribution is 7.92. The Bertz CT molecular complexity index is 1280. The average molecular weight is 539 g/mol. The molecule has 1 N–H and O–H groups in total. The largest absolute Gasteiger partial charge is 0.416 e. The van der Waals surface area contributed by atoms with Gasteiger partial charge in [0.15, 0.2) is 0 Å². The van der Waals surface area contributed by atoms with Gasteiger partial charge in [0.05, 0.1) is 27.2 Å². The maximum atomic E-state index is 13.5. The first kappa shape index (κ1) is 27.5. The van der Waals surface area contributed by atoms with Crippen molar-refractivity contribution in [1.29, 1.82) is 0 Å². The molecule has 1 atom stereocenters. The van der Waals surface area contributed by atoms with Gasteiger partial charge in [-0.25, -0.2) is 8.42 Å². The first-order valence-electron chi connectivity index (χ1n) is 11.2. The fourth-order valence-corrected chi connectivity index (χ4v) is 5.43. The van der Waals surface area contributed by atoms with Gasteiger partial charge < -0.3 is 5.32 Å². The third kappa shape index (κ3) is 6.79. The van der Waals surface area contributed by atoms with E-state index in [1.54, 1.807) is 6.07 Å². The molecule has 0 fully saturated rings. The van der Waals surface area contributed by atoms with Crippen LogP contribution in [-0.2, 0) is 21.0 Å². The number of anilines is 1. The fourth-order valence-electron chi connectivity index (χ4n) is 3.70. The van der Waals surface area contributed by atoms with Gasteiger partial charge in [-0.2, -0.15) is 13.2 Å². The van der Waals surface area contributed by atoms with Gasteiger partial charge in [0.1, 0.15) is 6.54 Å². The van der Waals surface area contributed by atoms with Gasteiger partial charge >= 0.3 is 6.18 Å². The number of rotatable bonds is 9. The van der Waals surface area contributed by atoms with Crippen LogP contribution in [0.5, 0.6) is 0 Å². The molecule has 0 saturated heterocycles. The van der Waals surface area contributed by atoms with E-state index < -0.39 is 45.9 Å². The smallest absolute Gasteiger partial charge is 0.348 e. The summed E-state index contributed by atoms with van der Waals surface area (Å²) >= 11 is 6.18. The molecule has 3 rings (SSSR count). The number of nitrogens with one attached hydrogen (secondary N) is 1. The summed E-state index contributed by atoms with van der Waals surface area (Å²) in [5.74, 6) is -0.477. The summed E-state index contributed by atoms with van der Waals surface area (Å²) in [5.41, 5.74) is -0.697. The Kier molecular flexibility index (Phi) is 8.68. The Balaban J connectivity index is 2.03. The van der Waals surface area contributed by atoms with Gasteiger partial charge in [0.2, 0.25) is 5.91 Å². The van der Waals surface area contributed by atoms with E-state index in [1.807, 2.05) is 44.2 Å². The third-order valence-electron chi connectivity index (χ3n) is 5.40. The molecule has 0 aliphatic heterocycles. The van der Waals surface area contributed by atoms with Gasteiger partial charge in [-0.15, -0.1) is 0 Å². The summed E-state index contributed by atoms with van der Waals surface area (Å²) in [6.45, 7) is 3.20. The van der Waals surface area contributed by atoms with Gasteiger partial charge in [-0.05, 0) is 48.2 Å². The molecular formula is C26H26ClF3N2O3S. The van der Waals surface area contributed by atoms with E-state index in [0.29, 0.717) is 16.8 Å². The number of nitrogens with zero attached hydrogens (tertiary/aromatic N) is 1. The minimum absolute atomic E-state index is 0.187. The number of carbonyl (C=O) groups excluding carboxylic acids is 1. The molecule has 0 radical (unpaired) electrons. The number of alkyl halides is 3. The lowest BCUT2D eigenvalue weighted by atomic mass is 9.97. The molecule has 3 aromatic rings. The minimum Gasteiger partial charge on any atom is -0.348 e. The predicted octanol–water partition coefficient (Wildman–Crippen LogP) is 6.46. The molecule has 1 amide bonds. The standard InChI is InChI=1S/C26H26ClF3N2O3S/c1-18(2)15-23(19-9-5-3-6-10-19)31-25(33)17-32(36(34,35)21-11-7-4-8-12-21)24-16-20(26(28,29)30)13-14-22(24)27/h3-14,16,18,23H,15,17H2,1-2H3,(H,31,33)/t23-/m1/s1. The van der Waals surface area contributed by atoms with Crippen molar-refractivity contribution >= 4 is 33.2 Å². The van der Waals surface area contributed by atoms with Crippen LogP contribution in [0.1, 0.15) is 37.4 Å². The second-order valence-corrected chi connectivity index (χ2v) is 10.9. The predicted molar refractivity (Wildman–Crippen MR) is 134 cm³/mol. The van der Waals surface area contributed by atoms with Crippen molar-refractivity contribution in [3.05, 3.63) is 95.0 Å². The Morgan fingerprint density at radius 2 is 1.56 bits per heavy atom. The molecule has 5 nitrogen and oxygen atoms in total. The van der Waals surface area contributed by atoms with Crippen molar-refractivity contribution in [2.24, 2.45) is 5.92 Å². The lowest BCUT2D eigenvalue weighted by Crippen LogP contribution is -2.42. The summed E-state index contributed by atoms with van der Waals surface area (Å²) in [6.07, 6.45) is -4.16. The van der Waals surface area contributed by atoms with Gasteiger partial charge in [-0.3, -0.25) is 9.10 Å². The Labute approximate surface area is 213 Å². The van der Waals surface area contributed by atoms with Crippen molar-refractivity contribution in [2.75, 3.05) is 10.8 Å². The lowest BCUT2D eigenvalue weighted by molar-refractivity contribution is -0.137. The molecule has 0 spiro atoms. The van der Waals surface area contributed by atoms with Gasteiger partial charge in [0.25, 0.3) is 10.0 Å². The van der Waals surface area contributed by atoms with E-state index in [2.05, 4.69) is 5.32 Å². The minimum atomic E-state index is -4.74. The van der Waals surface area contributed by atoms with E-state index in [9.17, 15) is 26.4 Å².